The summed E-state index contributed by atoms with van der Waals surface area (Å²) in [7, 11) is 0. The van der Waals surface area contributed by atoms with E-state index in [1.165, 1.54) is 11.1 Å². The molecule has 5 aromatic rings. The van der Waals surface area contributed by atoms with E-state index in [1.807, 2.05) is 48.8 Å². The normalized spacial score (nSPS) is 11.1. The molecule has 0 saturated carbocycles. The highest BCUT2D eigenvalue weighted by atomic mass is 14.7. The van der Waals surface area contributed by atoms with Crippen LogP contribution in [0.2, 0.25) is 0 Å². The molecule has 0 fully saturated rings. The number of fused-ring (bicyclic) bond motifs is 3. The average molecular weight is 332 g/mol. The summed E-state index contributed by atoms with van der Waals surface area (Å²) in [5.74, 6) is 0. The summed E-state index contributed by atoms with van der Waals surface area (Å²) < 4.78 is 0. The lowest BCUT2D eigenvalue weighted by Gasteiger charge is -2.07. The third-order valence-electron chi connectivity index (χ3n) is 4.72. The molecule has 0 unspecified atom stereocenters. The van der Waals surface area contributed by atoms with Crippen LogP contribution in [0.3, 0.4) is 0 Å². The van der Waals surface area contributed by atoms with E-state index in [9.17, 15) is 0 Å². The molecule has 2 aromatic heterocycles. The largest absolute Gasteiger partial charge is 0.253 e. The van der Waals surface area contributed by atoms with Crippen molar-refractivity contribution >= 4 is 21.8 Å². The van der Waals surface area contributed by atoms with Crippen LogP contribution in [0.25, 0.3) is 44.1 Å². The number of pyridine rings is 2. The Morgan fingerprint density at radius 2 is 0.846 bits per heavy atom. The summed E-state index contributed by atoms with van der Waals surface area (Å²) in [4.78, 5) is 9.45. The number of rotatable bonds is 2. The molecule has 0 N–H and O–H groups in total. The van der Waals surface area contributed by atoms with Crippen LogP contribution in [0.15, 0.2) is 97.3 Å². The molecule has 2 heterocycles. The Balaban J connectivity index is 1.66. The van der Waals surface area contributed by atoms with Gasteiger partial charge in [-0.2, -0.15) is 0 Å². The molecule has 26 heavy (non-hydrogen) atoms. The van der Waals surface area contributed by atoms with Gasteiger partial charge in [0.2, 0.25) is 0 Å². The Bertz CT molecular complexity index is 1110. The summed E-state index contributed by atoms with van der Waals surface area (Å²) >= 11 is 0. The smallest absolute Gasteiger partial charge is 0.0965 e. The van der Waals surface area contributed by atoms with Gasteiger partial charge in [-0.15, -0.1) is 0 Å². The van der Waals surface area contributed by atoms with E-state index in [4.69, 9.17) is 9.97 Å². The molecule has 0 amide bonds. The molecule has 0 atom stereocenters. The van der Waals surface area contributed by atoms with Gasteiger partial charge in [0.15, 0.2) is 0 Å². The minimum atomic E-state index is 0.946. The Hall–Kier alpha value is -3.52. The Morgan fingerprint density at radius 1 is 0.423 bits per heavy atom. The van der Waals surface area contributed by atoms with E-state index in [2.05, 4.69) is 48.5 Å². The van der Waals surface area contributed by atoms with Gasteiger partial charge in [0.1, 0.15) is 0 Å². The number of benzene rings is 3. The molecule has 0 spiro atoms. The van der Waals surface area contributed by atoms with Gasteiger partial charge in [0.25, 0.3) is 0 Å². The van der Waals surface area contributed by atoms with Crippen molar-refractivity contribution in [3.8, 4) is 22.3 Å². The lowest BCUT2D eigenvalue weighted by atomic mass is 10.0. The van der Waals surface area contributed by atoms with Crippen LogP contribution in [0, 0.1) is 0 Å². The van der Waals surface area contributed by atoms with E-state index < -0.39 is 0 Å². The second-order valence-electron chi connectivity index (χ2n) is 6.39. The lowest BCUT2D eigenvalue weighted by Crippen LogP contribution is -1.88. The Labute approximate surface area is 151 Å². The van der Waals surface area contributed by atoms with Crippen LogP contribution in [0.4, 0.5) is 0 Å². The topological polar surface area (TPSA) is 25.8 Å². The van der Waals surface area contributed by atoms with Gasteiger partial charge in [-0.3, -0.25) is 9.97 Å². The quantitative estimate of drug-likeness (QED) is 0.364. The van der Waals surface area contributed by atoms with Crippen LogP contribution < -0.4 is 0 Å². The molecule has 0 bridgehead atoms. The van der Waals surface area contributed by atoms with E-state index >= 15 is 0 Å². The molecular weight excluding hydrogens is 316 g/mol. The molecule has 5 rings (SSSR count). The second-order valence-corrected chi connectivity index (χ2v) is 6.39. The van der Waals surface area contributed by atoms with Gasteiger partial charge < -0.3 is 0 Å². The minimum absolute atomic E-state index is 0.946. The van der Waals surface area contributed by atoms with Crippen molar-refractivity contribution in [1.82, 2.24) is 9.97 Å². The summed E-state index contributed by atoms with van der Waals surface area (Å²) in [6, 6.07) is 29.3. The zero-order valence-corrected chi connectivity index (χ0v) is 14.1. The molecule has 0 aliphatic carbocycles. The Morgan fingerprint density at radius 3 is 1.27 bits per heavy atom. The van der Waals surface area contributed by atoms with Crippen LogP contribution in [0.1, 0.15) is 0 Å². The van der Waals surface area contributed by atoms with Crippen molar-refractivity contribution in [1.29, 1.82) is 0 Å². The first-order valence-corrected chi connectivity index (χ1v) is 8.68. The molecule has 3 aromatic carbocycles. The van der Waals surface area contributed by atoms with Crippen molar-refractivity contribution in [2.24, 2.45) is 0 Å². The molecule has 0 radical (unpaired) electrons. The molecule has 0 aliphatic heterocycles. The highest BCUT2D eigenvalue weighted by Crippen LogP contribution is 2.29. The van der Waals surface area contributed by atoms with Crippen molar-refractivity contribution < 1.29 is 0 Å². The zero-order valence-electron chi connectivity index (χ0n) is 14.1. The van der Waals surface area contributed by atoms with E-state index in [1.54, 1.807) is 0 Å². The van der Waals surface area contributed by atoms with E-state index in [0.29, 0.717) is 0 Å². The summed E-state index contributed by atoms with van der Waals surface area (Å²) in [5, 5.41) is 2.22. The highest BCUT2D eigenvalue weighted by molar-refractivity contribution is 6.04. The summed E-state index contributed by atoms with van der Waals surface area (Å²) in [6.07, 6.45) is 3.87. The summed E-state index contributed by atoms with van der Waals surface area (Å²) in [5.41, 5.74) is 6.49. The fourth-order valence-corrected chi connectivity index (χ4v) is 3.37. The van der Waals surface area contributed by atoms with Gasteiger partial charge in [-0.1, -0.05) is 72.8 Å². The van der Waals surface area contributed by atoms with Crippen molar-refractivity contribution in [3.05, 3.63) is 97.3 Å². The van der Waals surface area contributed by atoms with E-state index in [-0.39, 0.29) is 0 Å². The maximum absolute atomic E-state index is 4.73. The third kappa shape index (κ3) is 2.52. The zero-order chi connectivity index (χ0) is 17.3. The standard InChI is InChI=1S/C24H16N2/c1-3-7-17(8-4-1)21-13-19-11-12-20-14-22(18-9-5-2-6-10-18)16-26-24(20)23(19)25-15-21/h1-16H. The highest BCUT2D eigenvalue weighted by Gasteiger charge is 2.07. The SMILES string of the molecule is c1ccc(-c2cnc3c(ccc4cc(-c5ccccc5)cnc43)c2)cc1. The van der Waals surface area contributed by atoms with Crippen LogP contribution in [0.5, 0.6) is 0 Å². The van der Waals surface area contributed by atoms with Crippen molar-refractivity contribution in [3.63, 3.8) is 0 Å². The summed E-state index contributed by atoms with van der Waals surface area (Å²) in [6.45, 7) is 0. The molecule has 2 heteroatoms. The van der Waals surface area contributed by atoms with Gasteiger partial charge in [0.05, 0.1) is 11.0 Å². The monoisotopic (exact) mass is 332 g/mol. The second kappa shape index (κ2) is 6.08. The first-order chi connectivity index (χ1) is 12.9. The Kier molecular flexibility index (Phi) is 3.46. The molecular formula is C24H16N2. The molecule has 2 nitrogen and oxygen atoms in total. The van der Waals surface area contributed by atoms with E-state index in [0.717, 1.165) is 32.9 Å². The lowest BCUT2D eigenvalue weighted by molar-refractivity contribution is 1.37. The average Bonchev–Trinajstić information content (AvgIpc) is 2.74. The third-order valence-corrected chi connectivity index (χ3v) is 4.72. The van der Waals surface area contributed by atoms with Gasteiger partial charge >= 0.3 is 0 Å². The number of hydrogen-bond donors (Lipinski definition) is 0. The molecule has 0 aliphatic rings. The number of aromatic nitrogens is 2. The van der Waals surface area contributed by atoms with Crippen LogP contribution >= 0.6 is 0 Å². The van der Waals surface area contributed by atoms with Crippen LogP contribution in [-0.4, -0.2) is 9.97 Å². The number of nitrogens with zero attached hydrogens (tertiary/aromatic N) is 2. The maximum Gasteiger partial charge on any atom is 0.0965 e. The predicted octanol–water partition coefficient (Wildman–Crippen LogP) is 6.12. The van der Waals surface area contributed by atoms with Crippen LogP contribution in [-0.2, 0) is 0 Å². The van der Waals surface area contributed by atoms with Gasteiger partial charge in [0, 0.05) is 34.3 Å². The van der Waals surface area contributed by atoms with Crippen molar-refractivity contribution in [2.45, 2.75) is 0 Å². The molecule has 122 valence electrons. The molecule has 0 saturated heterocycles. The first-order valence-electron chi connectivity index (χ1n) is 8.68. The predicted molar refractivity (Wildman–Crippen MR) is 108 cm³/mol. The van der Waals surface area contributed by atoms with Gasteiger partial charge in [-0.05, 0) is 23.3 Å². The van der Waals surface area contributed by atoms with Crippen molar-refractivity contribution in [2.75, 3.05) is 0 Å². The number of hydrogen-bond acceptors (Lipinski definition) is 2. The fraction of sp³-hybridized carbons (Fsp3) is 0. The van der Waals surface area contributed by atoms with Gasteiger partial charge in [-0.25, -0.2) is 0 Å². The maximum atomic E-state index is 4.73. The minimum Gasteiger partial charge on any atom is -0.253 e. The fourth-order valence-electron chi connectivity index (χ4n) is 3.37. The first kappa shape index (κ1) is 14.8.